The summed E-state index contributed by atoms with van der Waals surface area (Å²) in [4.78, 5) is 12.7. The van der Waals surface area contributed by atoms with Gasteiger partial charge in [0.15, 0.2) is 0 Å². The molecular formula is C24H29N3O. The Balaban J connectivity index is 1.43. The Kier molecular flexibility index (Phi) is 5.84. The van der Waals surface area contributed by atoms with Crippen LogP contribution in [0.3, 0.4) is 0 Å². The zero-order chi connectivity index (χ0) is 19.3. The van der Waals surface area contributed by atoms with Gasteiger partial charge in [0.05, 0.1) is 0 Å². The summed E-state index contributed by atoms with van der Waals surface area (Å²) >= 11 is 0. The second-order valence-corrected chi connectivity index (χ2v) is 7.91. The molecule has 4 nitrogen and oxygen atoms in total. The first-order valence-corrected chi connectivity index (χ1v) is 10.7. The topological polar surface area (TPSA) is 47.8 Å². The van der Waals surface area contributed by atoms with Gasteiger partial charge in [0.25, 0.3) is 0 Å². The largest absolute Gasteiger partial charge is 0.315 e. The number of Topliss-reactive ketones (excluding diaryl/α,β-unsaturated/α-hetero) is 1. The van der Waals surface area contributed by atoms with E-state index in [-0.39, 0.29) is 5.78 Å². The van der Waals surface area contributed by atoms with Crippen molar-refractivity contribution in [3.05, 3.63) is 59.7 Å². The van der Waals surface area contributed by atoms with Gasteiger partial charge in [-0.2, -0.15) is 0 Å². The second kappa shape index (κ2) is 8.68. The predicted octanol–water partition coefficient (Wildman–Crippen LogP) is 5.24. The van der Waals surface area contributed by atoms with Gasteiger partial charge in [0, 0.05) is 31.7 Å². The molecule has 146 valence electrons. The SMILES string of the molecule is CCn1c(CCC(=O)Cc2cccc3ccccc23)nnc1C1CCCCC1. The van der Waals surface area contributed by atoms with Crippen molar-refractivity contribution in [1.29, 1.82) is 0 Å². The Morgan fingerprint density at radius 3 is 2.64 bits per heavy atom. The van der Waals surface area contributed by atoms with Gasteiger partial charge in [0.1, 0.15) is 17.4 Å². The summed E-state index contributed by atoms with van der Waals surface area (Å²) in [5.41, 5.74) is 1.11. The third-order valence-electron chi connectivity index (χ3n) is 6.04. The Bertz CT molecular complexity index is 948. The molecule has 3 aromatic rings. The summed E-state index contributed by atoms with van der Waals surface area (Å²) < 4.78 is 2.25. The molecule has 0 saturated heterocycles. The Morgan fingerprint density at radius 1 is 1.04 bits per heavy atom. The first-order chi connectivity index (χ1) is 13.8. The fraction of sp³-hybridized carbons (Fsp3) is 0.458. The van der Waals surface area contributed by atoms with E-state index in [2.05, 4.69) is 46.0 Å². The normalized spacial score (nSPS) is 15.2. The van der Waals surface area contributed by atoms with E-state index in [0.29, 0.717) is 25.2 Å². The molecular weight excluding hydrogens is 346 g/mol. The summed E-state index contributed by atoms with van der Waals surface area (Å²) in [6.07, 6.45) is 8.04. The molecule has 0 spiro atoms. The molecule has 4 heteroatoms. The Hall–Kier alpha value is -2.49. The molecule has 2 aromatic carbocycles. The third kappa shape index (κ3) is 4.01. The highest BCUT2D eigenvalue weighted by atomic mass is 16.1. The fourth-order valence-corrected chi connectivity index (χ4v) is 4.54. The number of hydrogen-bond donors (Lipinski definition) is 0. The maximum atomic E-state index is 12.7. The average Bonchev–Trinajstić information content (AvgIpc) is 3.16. The van der Waals surface area contributed by atoms with E-state index in [9.17, 15) is 4.79 Å². The maximum Gasteiger partial charge on any atom is 0.137 e. The van der Waals surface area contributed by atoms with Gasteiger partial charge in [-0.15, -0.1) is 10.2 Å². The minimum Gasteiger partial charge on any atom is -0.315 e. The number of fused-ring (bicyclic) bond motifs is 1. The number of aromatic nitrogens is 3. The van der Waals surface area contributed by atoms with Crippen molar-refractivity contribution in [2.24, 2.45) is 0 Å². The molecule has 0 amide bonds. The first-order valence-electron chi connectivity index (χ1n) is 10.7. The molecule has 1 heterocycles. The van der Waals surface area contributed by atoms with Crippen molar-refractivity contribution in [3.63, 3.8) is 0 Å². The lowest BCUT2D eigenvalue weighted by atomic mass is 9.88. The van der Waals surface area contributed by atoms with E-state index in [1.54, 1.807) is 0 Å². The molecule has 0 aliphatic heterocycles. The molecule has 0 N–H and O–H groups in total. The first kappa shape index (κ1) is 18.9. The lowest BCUT2D eigenvalue weighted by molar-refractivity contribution is -0.118. The van der Waals surface area contributed by atoms with Gasteiger partial charge < -0.3 is 4.57 Å². The molecule has 0 radical (unpaired) electrons. The van der Waals surface area contributed by atoms with Crippen molar-refractivity contribution < 1.29 is 4.79 Å². The van der Waals surface area contributed by atoms with Crippen LogP contribution in [0.15, 0.2) is 42.5 Å². The number of ketones is 1. The number of benzene rings is 2. The second-order valence-electron chi connectivity index (χ2n) is 7.91. The highest BCUT2D eigenvalue weighted by molar-refractivity contribution is 5.90. The van der Waals surface area contributed by atoms with Gasteiger partial charge in [-0.05, 0) is 36.1 Å². The number of aryl methyl sites for hydroxylation is 1. The highest BCUT2D eigenvalue weighted by Crippen LogP contribution is 2.32. The average molecular weight is 376 g/mol. The number of hydrogen-bond acceptors (Lipinski definition) is 3. The third-order valence-corrected chi connectivity index (χ3v) is 6.04. The number of carbonyl (C=O) groups excluding carboxylic acids is 1. The summed E-state index contributed by atoms with van der Waals surface area (Å²) in [5, 5.41) is 11.3. The van der Waals surface area contributed by atoms with Crippen LogP contribution < -0.4 is 0 Å². The number of carbonyl (C=O) groups is 1. The molecule has 0 unspecified atom stereocenters. The van der Waals surface area contributed by atoms with Gasteiger partial charge in [-0.1, -0.05) is 61.7 Å². The lowest BCUT2D eigenvalue weighted by Crippen LogP contribution is -2.14. The minimum atomic E-state index is 0.265. The summed E-state index contributed by atoms with van der Waals surface area (Å²) in [5.74, 6) is 2.91. The molecule has 1 fully saturated rings. The lowest BCUT2D eigenvalue weighted by Gasteiger charge is -2.21. The highest BCUT2D eigenvalue weighted by Gasteiger charge is 2.22. The van der Waals surface area contributed by atoms with Crippen LogP contribution in [0.4, 0.5) is 0 Å². The molecule has 1 aromatic heterocycles. The van der Waals surface area contributed by atoms with Crippen LogP contribution in [-0.4, -0.2) is 20.5 Å². The van der Waals surface area contributed by atoms with Gasteiger partial charge in [-0.3, -0.25) is 4.79 Å². The van der Waals surface area contributed by atoms with Crippen molar-refractivity contribution in [1.82, 2.24) is 14.8 Å². The molecule has 28 heavy (non-hydrogen) atoms. The molecule has 1 aliphatic rings. The molecule has 0 atom stereocenters. The van der Waals surface area contributed by atoms with Crippen molar-refractivity contribution in [3.8, 4) is 0 Å². The summed E-state index contributed by atoms with van der Waals surface area (Å²) in [6, 6.07) is 14.5. The fourth-order valence-electron chi connectivity index (χ4n) is 4.54. The van der Waals surface area contributed by atoms with Crippen LogP contribution in [0.1, 0.15) is 68.6 Å². The molecule has 1 aliphatic carbocycles. The van der Waals surface area contributed by atoms with E-state index in [4.69, 9.17) is 0 Å². The molecule has 4 rings (SSSR count). The van der Waals surface area contributed by atoms with Gasteiger partial charge >= 0.3 is 0 Å². The van der Waals surface area contributed by atoms with Crippen LogP contribution in [-0.2, 0) is 24.2 Å². The van der Waals surface area contributed by atoms with E-state index in [1.807, 2.05) is 18.2 Å². The van der Waals surface area contributed by atoms with Crippen molar-refractivity contribution >= 4 is 16.6 Å². The van der Waals surface area contributed by atoms with Gasteiger partial charge in [-0.25, -0.2) is 0 Å². The van der Waals surface area contributed by atoms with Crippen LogP contribution in [0.2, 0.25) is 0 Å². The zero-order valence-electron chi connectivity index (χ0n) is 16.7. The Morgan fingerprint density at radius 2 is 1.82 bits per heavy atom. The van der Waals surface area contributed by atoms with Crippen molar-refractivity contribution in [2.45, 2.75) is 70.8 Å². The molecule has 0 bridgehead atoms. The smallest absolute Gasteiger partial charge is 0.137 e. The minimum absolute atomic E-state index is 0.265. The van der Waals surface area contributed by atoms with E-state index < -0.39 is 0 Å². The monoisotopic (exact) mass is 375 g/mol. The van der Waals surface area contributed by atoms with E-state index in [1.165, 1.54) is 42.9 Å². The van der Waals surface area contributed by atoms with Crippen molar-refractivity contribution in [2.75, 3.05) is 0 Å². The Labute approximate surface area is 167 Å². The van der Waals surface area contributed by atoms with Crippen LogP contribution >= 0.6 is 0 Å². The quantitative estimate of drug-likeness (QED) is 0.567. The number of rotatable bonds is 7. The standard InChI is InChI=1S/C24H29N3O/c1-2-27-23(25-26-24(27)19-10-4-3-5-11-19)16-15-21(28)17-20-13-8-12-18-9-6-7-14-22(18)20/h6-9,12-14,19H,2-5,10-11,15-17H2,1H3. The van der Waals surface area contributed by atoms with Gasteiger partial charge in [0.2, 0.25) is 0 Å². The summed E-state index contributed by atoms with van der Waals surface area (Å²) in [7, 11) is 0. The van der Waals surface area contributed by atoms with Crippen LogP contribution in [0.5, 0.6) is 0 Å². The predicted molar refractivity (Wildman–Crippen MR) is 113 cm³/mol. The molecule has 1 saturated carbocycles. The maximum absolute atomic E-state index is 12.7. The summed E-state index contributed by atoms with van der Waals surface area (Å²) in [6.45, 7) is 3.03. The van der Waals surface area contributed by atoms with Crippen LogP contribution in [0.25, 0.3) is 10.8 Å². The van der Waals surface area contributed by atoms with E-state index in [0.717, 1.165) is 23.8 Å². The van der Waals surface area contributed by atoms with E-state index >= 15 is 0 Å². The zero-order valence-corrected chi connectivity index (χ0v) is 16.7. The van der Waals surface area contributed by atoms with Crippen LogP contribution in [0, 0.1) is 0 Å². The number of nitrogens with zero attached hydrogens (tertiary/aromatic N) is 3.